The van der Waals surface area contributed by atoms with E-state index in [1.807, 2.05) is 170 Å². The number of benzene rings is 12. The van der Waals surface area contributed by atoms with Crippen molar-refractivity contribution in [3.05, 3.63) is 308 Å². The molecule has 1 fully saturated rings. The normalized spacial score (nSPS) is 13.9. The molecular weight excluding hydrogens is 1230 g/mol. The summed E-state index contributed by atoms with van der Waals surface area (Å²) in [6.07, 6.45) is 0. The molecule has 0 spiro atoms. The molecule has 0 unspecified atom stereocenters. The van der Waals surface area contributed by atoms with Crippen LogP contribution in [0.4, 0.5) is 0 Å². The second-order valence-corrected chi connectivity index (χ2v) is 30.7. The van der Waals surface area contributed by atoms with E-state index in [-0.39, 0.29) is 11.2 Å². The number of halogens is 1. The van der Waals surface area contributed by atoms with Crippen LogP contribution in [0.3, 0.4) is 0 Å². The second-order valence-electron chi connectivity index (χ2n) is 24.3. The minimum atomic E-state index is -3.02. The molecule has 0 saturated carbocycles. The Hall–Kier alpha value is -9.50. The van der Waals surface area contributed by atoms with E-state index >= 15 is 0 Å². The molecular formula is C80H62BBrN4O4P2. The van der Waals surface area contributed by atoms with Gasteiger partial charge in [-0.05, 0) is 116 Å². The summed E-state index contributed by atoms with van der Waals surface area (Å²) < 4.78 is 46.9. The van der Waals surface area contributed by atoms with Crippen LogP contribution in [0.1, 0.15) is 27.7 Å². The number of imidazole rings is 2. The first-order chi connectivity index (χ1) is 44.8. The SMILES string of the molecule is CC1(C)OB(c2ccc3c4ccccc4c4nc5ccccc5n4c3c2)OC1(C)C.O=P(c1ccccc1)(c1ccccc1)c1ccc(-c2ccc3c4ccccc4c4nc5ccccc5n4c3c2)cc1.O=P(c1ccccc1)(c1ccccc1)c1ccc(Br)cc1. The molecule has 1 aliphatic heterocycles. The maximum atomic E-state index is 14.8. The van der Waals surface area contributed by atoms with E-state index < -0.39 is 21.4 Å². The van der Waals surface area contributed by atoms with Gasteiger partial charge in [0.15, 0.2) is 14.3 Å². The van der Waals surface area contributed by atoms with E-state index in [0.29, 0.717) is 0 Å². The van der Waals surface area contributed by atoms with Crippen molar-refractivity contribution in [1.82, 2.24) is 18.8 Å². The summed E-state index contributed by atoms with van der Waals surface area (Å²) in [6, 6.07) is 102. The van der Waals surface area contributed by atoms with Crippen LogP contribution in [-0.2, 0) is 18.4 Å². The lowest BCUT2D eigenvalue weighted by atomic mass is 9.78. The molecule has 0 radical (unpaired) electrons. The summed E-state index contributed by atoms with van der Waals surface area (Å²) in [6.45, 7) is 8.35. The molecule has 446 valence electrons. The topological polar surface area (TPSA) is 87.2 Å². The third kappa shape index (κ3) is 10.2. The number of rotatable bonds is 8. The third-order valence-electron chi connectivity index (χ3n) is 18.3. The Labute approximate surface area is 542 Å². The van der Waals surface area contributed by atoms with Gasteiger partial charge in [0.2, 0.25) is 0 Å². The lowest BCUT2D eigenvalue weighted by molar-refractivity contribution is 0.00578. The second kappa shape index (κ2) is 23.6. The van der Waals surface area contributed by atoms with Crippen LogP contribution in [0.2, 0.25) is 0 Å². The van der Waals surface area contributed by atoms with Crippen LogP contribution >= 0.6 is 30.2 Å². The molecule has 0 amide bonds. The standard InChI is InChI=1S/C37H25N2OP.C25H23BN2O2.C18H14BrOP/c40-41(28-11-3-1-4-12-28,29-13-5-2-6-14-29)30-22-19-26(20-23-30)27-21-24-32-31-15-7-8-16-33(31)37-38-34-17-9-10-18-35(34)39(37)36(32)25-27;1-24(2)25(3,4)30-26(29-24)16-13-14-18-17-9-5-6-10-19(17)23-27-20-11-7-8-12-21(20)28(23)22(18)15-16;19-15-11-13-18(14-12-15)21(20,16-7-3-1-4-8-16)17-9-5-2-6-10-17/h1-25H;5-15H,1-4H3;1-14H. The summed E-state index contributed by atoms with van der Waals surface area (Å²) in [7, 11) is -6.23. The van der Waals surface area contributed by atoms with Crippen LogP contribution in [0, 0.1) is 0 Å². The summed E-state index contributed by atoms with van der Waals surface area (Å²) >= 11 is 3.43. The molecule has 17 rings (SSSR count). The molecule has 12 aromatic carbocycles. The van der Waals surface area contributed by atoms with Gasteiger partial charge in [-0.15, -0.1) is 0 Å². The Balaban J connectivity index is 0.000000121. The van der Waals surface area contributed by atoms with E-state index in [2.05, 4.69) is 186 Å². The molecule has 92 heavy (non-hydrogen) atoms. The van der Waals surface area contributed by atoms with Gasteiger partial charge in [-0.2, -0.15) is 0 Å². The van der Waals surface area contributed by atoms with Gasteiger partial charge in [-0.1, -0.05) is 259 Å². The zero-order valence-corrected chi connectivity index (χ0v) is 54.5. The molecule has 1 saturated heterocycles. The summed E-state index contributed by atoms with van der Waals surface area (Å²) in [5.41, 5.74) is 10.8. The van der Waals surface area contributed by atoms with Crippen LogP contribution < -0.4 is 37.3 Å². The average molecular weight is 1300 g/mol. The van der Waals surface area contributed by atoms with Crippen molar-refractivity contribution in [2.75, 3.05) is 0 Å². The zero-order chi connectivity index (χ0) is 62.8. The molecule has 5 heterocycles. The highest BCUT2D eigenvalue weighted by atomic mass is 79.9. The van der Waals surface area contributed by atoms with E-state index in [1.165, 1.54) is 21.5 Å². The number of nitrogens with zero attached hydrogens (tertiary/aromatic N) is 4. The molecule has 0 aliphatic carbocycles. The van der Waals surface area contributed by atoms with Crippen LogP contribution in [0.15, 0.2) is 308 Å². The fraction of sp³-hybridized carbons (Fsp3) is 0.0750. The highest BCUT2D eigenvalue weighted by Crippen LogP contribution is 2.45. The fourth-order valence-corrected chi connectivity index (χ4v) is 18.5. The number of hydrogen-bond donors (Lipinski definition) is 0. The van der Waals surface area contributed by atoms with Gasteiger partial charge < -0.3 is 18.4 Å². The van der Waals surface area contributed by atoms with Crippen LogP contribution in [-0.4, -0.2) is 37.1 Å². The molecule has 0 N–H and O–H groups in total. The van der Waals surface area contributed by atoms with Crippen LogP contribution in [0.25, 0.3) is 87.8 Å². The van der Waals surface area contributed by atoms with Crippen molar-refractivity contribution in [1.29, 1.82) is 0 Å². The van der Waals surface area contributed by atoms with Gasteiger partial charge in [0.1, 0.15) is 11.3 Å². The molecule has 0 atom stereocenters. The Bertz CT molecular complexity index is 5450. The first kappa shape index (κ1) is 58.9. The molecule has 0 bridgehead atoms. The van der Waals surface area contributed by atoms with Crippen molar-refractivity contribution in [3.8, 4) is 11.1 Å². The van der Waals surface area contributed by atoms with E-state index in [4.69, 9.17) is 19.3 Å². The maximum Gasteiger partial charge on any atom is 0.494 e. The summed E-state index contributed by atoms with van der Waals surface area (Å²) in [5, 5.41) is 12.2. The van der Waals surface area contributed by atoms with Gasteiger partial charge in [-0.25, -0.2) is 9.97 Å². The Kier molecular flexibility index (Phi) is 15.1. The van der Waals surface area contributed by atoms with Crippen molar-refractivity contribution in [2.24, 2.45) is 0 Å². The largest absolute Gasteiger partial charge is 0.494 e. The van der Waals surface area contributed by atoms with Crippen LogP contribution in [0.5, 0.6) is 0 Å². The minimum absolute atomic E-state index is 0.368. The van der Waals surface area contributed by atoms with E-state index in [9.17, 15) is 9.13 Å². The molecule has 1 aliphatic rings. The monoisotopic (exact) mass is 1290 g/mol. The van der Waals surface area contributed by atoms with Crippen molar-refractivity contribution in [3.63, 3.8) is 0 Å². The number of fused-ring (bicyclic) bond motifs is 16. The van der Waals surface area contributed by atoms with Gasteiger partial charge in [0.05, 0.1) is 44.3 Å². The van der Waals surface area contributed by atoms with E-state index in [1.54, 1.807) is 0 Å². The average Bonchev–Trinajstić information content (AvgIpc) is 1.57. The molecule has 12 heteroatoms. The summed E-state index contributed by atoms with van der Waals surface area (Å²) in [4.78, 5) is 9.99. The minimum Gasteiger partial charge on any atom is -0.399 e. The predicted octanol–water partition coefficient (Wildman–Crippen LogP) is 17.3. The predicted molar refractivity (Wildman–Crippen MR) is 389 cm³/mol. The number of hydrogen-bond acceptors (Lipinski definition) is 6. The van der Waals surface area contributed by atoms with Crippen molar-refractivity contribution < 1.29 is 18.4 Å². The van der Waals surface area contributed by atoms with Gasteiger partial charge in [-0.3, -0.25) is 8.80 Å². The first-order valence-electron chi connectivity index (χ1n) is 30.9. The quantitative estimate of drug-likeness (QED) is 0.0856. The lowest BCUT2D eigenvalue weighted by Gasteiger charge is -2.32. The lowest BCUT2D eigenvalue weighted by Crippen LogP contribution is -2.41. The first-order valence-corrected chi connectivity index (χ1v) is 35.1. The van der Waals surface area contributed by atoms with E-state index in [0.717, 1.165) is 108 Å². The van der Waals surface area contributed by atoms with Crippen molar-refractivity contribution in [2.45, 2.75) is 38.9 Å². The Morgan fingerprint density at radius 2 is 0.674 bits per heavy atom. The number of pyridine rings is 2. The smallest absolute Gasteiger partial charge is 0.399 e. The highest BCUT2D eigenvalue weighted by molar-refractivity contribution is 9.10. The Morgan fingerprint density at radius 1 is 0.337 bits per heavy atom. The highest BCUT2D eigenvalue weighted by Gasteiger charge is 2.52. The Morgan fingerprint density at radius 3 is 1.11 bits per heavy atom. The van der Waals surface area contributed by atoms with Gasteiger partial charge >= 0.3 is 7.12 Å². The maximum absolute atomic E-state index is 14.8. The molecule has 8 nitrogen and oxygen atoms in total. The van der Waals surface area contributed by atoms with Gasteiger partial charge in [0, 0.05) is 57.8 Å². The van der Waals surface area contributed by atoms with Gasteiger partial charge in [0.25, 0.3) is 0 Å². The summed E-state index contributed by atoms with van der Waals surface area (Å²) in [5.74, 6) is 0. The fourth-order valence-electron chi connectivity index (χ4n) is 12.9. The molecule has 16 aromatic rings. The molecule has 4 aromatic heterocycles. The third-order valence-corrected chi connectivity index (χ3v) is 25.0. The number of para-hydroxylation sites is 4. The number of aromatic nitrogens is 4. The zero-order valence-electron chi connectivity index (χ0n) is 51.1. The van der Waals surface area contributed by atoms with Crippen molar-refractivity contribution >= 4 is 151 Å².